The molecule has 0 rings (SSSR count). The monoisotopic (exact) mass is 458 g/mol. The lowest BCUT2D eigenvalue weighted by molar-refractivity contribution is -0.145. The van der Waals surface area contributed by atoms with E-state index in [0.29, 0.717) is 46.1 Å². The van der Waals surface area contributed by atoms with Crippen molar-refractivity contribution in [3.8, 4) is 0 Å². The van der Waals surface area contributed by atoms with Gasteiger partial charge in [-0.2, -0.15) is 0 Å². The van der Waals surface area contributed by atoms with E-state index in [4.69, 9.17) is 18.9 Å². The Kier molecular flexibility index (Phi) is 26.1. The molecule has 0 unspecified atom stereocenters. The zero-order chi connectivity index (χ0) is 23.5. The Labute approximate surface area is 199 Å². The summed E-state index contributed by atoms with van der Waals surface area (Å²) in [5, 5.41) is 0. The zero-order valence-corrected chi connectivity index (χ0v) is 21.7. The van der Waals surface area contributed by atoms with Crippen LogP contribution in [0.25, 0.3) is 0 Å². The number of carbonyl (C=O) groups is 1. The van der Waals surface area contributed by atoms with Gasteiger partial charge < -0.3 is 18.9 Å². The molecule has 0 fully saturated rings. The maximum Gasteiger partial charge on any atom is 0.305 e. The molecule has 0 aliphatic carbocycles. The van der Waals surface area contributed by atoms with E-state index in [1.54, 1.807) is 0 Å². The van der Waals surface area contributed by atoms with Gasteiger partial charge in [0.05, 0.1) is 33.0 Å². The molecule has 0 aliphatic heterocycles. The van der Waals surface area contributed by atoms with Crippen molar-refractivity contribution in [3.05, 3.63) is 0 Å². The van der Waals surface area contributed by atoms with Crippen LogP contribution in [0.3, 0.4) is 0 Å². The van der Waals surface area contributed by atoms with Crippen LogP contribution < -0.4 is 0 Å². The number of ether oxygens (including phenoxy) is 4. The van der Waals surface area contributed by atoms with Crippen molar-refractivity contribution in [1.29, 1.82) is 0 Å². The topological polar surface area (TPSA) is 54.0 Å². The molecule has 0 saturated carbocycles. The van der Waals surface area contributed by atoms with Crippen LogP contribution in [0, 0.1) is 5.92 Å². The number of hydrogen-bond acceptors (Lipinski definition) is 5. The average molecular weight is 459 g/mol. The minimum Gasteiger partial charge on any atom is -0.463 e. The van der Waals surface area contributed by atoms with Crippen LogP contribution in [0.15, 0.2) is 0 Å². The Morgan fingerprint density at radius 1 is 0.562 bits per heavy atom. The van der Waals surface area contributed by atoms with Gasteiger partial charge in [0.15, 0.2) is 0 Å². The highest BCUT2D eigenvalue weighted by molar-refractivity contribution is 5.69. The summed E-state index contributed by atoms with van der Waals surface area (Å²) < 4.78 is 21.3. The third-order valence-corrected chi connectivity index (χ3v) is 5.50. The highest BCUT2D eigenvalue weighted by atomic mass is 16.6. The van der Waals surface area contributed by atoms with Crippen LogP contribution in [0.5, 0.6) is 0 Å². The van der Waals surface area contributed by atoms with Crippen molar-refractivity contribution in [1.82, 2.24) is 0 Å². The highest BCUT2D eigenvalue weighted by Gasteiger charge is 2.02. The van der Waals surface area contributed by atoms with Gasteiger partial charge in [0, 0.05) is 13.0 Å². The molecule has 0 atom stereocenters. The van der Waals surface area contributed by atoms with E-state index in [1.165, 1.54) is 70.6 Å². The van der Waals surface area contributed by atoms with Crippen LogP contribution in [-0.4, -0.2) is 52.2 Å². The number of unbranched alkanes of at least 4 members (excludes halogenated alkanes) is 11. The normalized spacial score (nSPS) is 11.4. The molecule has 0 radical (unpaired) electrons. The molecule has 0 N–H and O–H groups in total. The first-order valence-electron chi connectivity index (χ1n) is 13.6. The fourth-order valence-corrected chi connectivity index (χ4v) is 3.56. The molecule has 5 heteroatoms. The maximum atomic E-state index is 11.7. The first kappa shape index (κ1) is 31.4. The Morgan fingerprint density at radius 3 is 1.44 bits per heavy atom. The molecule has 0 amide bonds. The van der Waals surface area contributed by atoms with Gasteiger partial charge in [-0.15, -0.1) is 0 Å². The van der Waals surface area contributed by atoms with E-state index in [-0.39, 0.29) is 5.97 Å². The summed E-state index contributed by atoms with van der Waals surface area (Å²) in [6.45, 7) is 10.5. The fraction of sp³-hybridized carbons (Fsp3) is 0.963. The number of carbonyl (C=O) groups excluding carboxylic acids is 1. The lowest BCUT2D eigenvalue weighted by Crippen LogP contribution is -2.14. The van der Waals surface area contributed by atoms with E-state index in [9.17, 15) is 4.79 Å². The van der Waals surface area contributed by atoms with E-state index in [2.05, 4.69) is 20.8 Å². The molecule has 0 saturated heterocycles. The van der Waals surface area contributed by atoms with Gasteiger partial charge in [-0.1, -0.05) is 97.8 Å². The van der Waals surface area contributed by atoms with Gasteiger partial charge in [-0.3, -0.25) is 4.79 Å². The Hall–Kier alpha value is -0.650. The van der Waals surface area contributed by atoms with Gasteiger partial charge in [0.1, 0.15) is 6.61 Å². The van der Waals surface area contributed by atoms with Gasteiger partial charge >= 0.3 is 5.97 Å². The van der Waals surface area contributed by atoms with Gasteiger partial charge in [-0.05, 0) is 18.8 Å². The van der Waals surface area contributed by atoms with E-state index in [1.807, 2.05) is 0 Å². The van der Waals surface area contributed by atoms with Crippen molar-refractivity contribution in [3.63, 3.8) is 0 Å². The van der Waals surface area contributed by atoms with Crippen LogP contribution in [-0.2, 0) is 23.7 Å². The minimum atomic E-state index is -0.105. The van der Waals surface area contributed by atoms with Crippen LogP contribution in [0.2, 0.25) is 0 Å². The first-order valence-corrected chi connectivity index (χ1v) is 13.6. The quantitative estimate of drug-likeness (QED) is 0.102. The minimum absolute atomic E-state index is 0.105. The number of hydrogen-bond donors (Lipinski definition) is 0. The van der Waals surface area contributed by atoms with Crippen LogP contribution >= 0.6 is 0 Å². The third-order valence-electron chi connectivity index (χ3n) is 5.50. The molecule has 0 aliphatic rings. The zero-order valence-electron chi connectivity index (χ0n) is 21.7. The Balaban J connectivity index is 3.15. The maximum absolute atomic E-state index is 11.7. The van der Waals surface area contributed by atoms with E-state index >= 15 is 0 Å². The number of rotatable bonds is 26. The lowest BCUT2D eigenvalue weighted by atomic mass is 10.0. The second kappa shape index (κ2) is 26.6. The van der Waals surface area contributed by atoms with Crippen LogP contribution in [0.1, 0.15) is 117 Å². The lowest BCUT2D eigenvalue weighted by Gasteiger charge is -2.07. The molecule has 0 bridgehead atoms. The predicted octanol–water partition coefficient (Wildman–Crippen LogP) is 7.11. The molecular weight excluding hydrogens is 404 g/mol. The van der Waals surface area contributed by atoms with Crippen molar-refractivity contribution in [2.75, 3.05) is 46.2 Å². The summed E-state index contributed by atoms with van der Waals surface area (Å²) in [4.78, 5) is 11.7. The highest BCUT2D eigenvalue weighted by Crippen LogP contribution is 2.14. The molecule has 192 valence electrons. The average Bonchev–Trinajstić information content (AvgIpc) is 2.77. The Morgan fingerprint density at radius 2 is 0.969 bits per heavy atom. The van der Waals surface area contributed by atoms with Gasteiger partial charge in [-0.25, -0.2) is 0 Å². The third kappa shape index (κ3) is 27.4. The number of esters is 1. The molecule has 0 aromatic carbocycles. The smallest absolute Gasteiger partial charge is 0.305 e. The molecular formula is C27H54O5. The molecule has 32 heavy (non-hydrogen) atoms. The van der Waals surface area contributed by atoms with Gasteiger partial charge in [0.25, 0.3) is 0 Å². The van der Waals surface area contributed by atoms with Crippen molar-refractivity contribution < 1.29 is 23.7 Å². The molecule has 0 aromatic rings. The van der Waals surface area contributed by atoms with Crippen molar-refractivity contribution in [2.45, 2.75) is 117 Å². The molecule has 0 heterocycles. The van der Waals surface area contributed by atoms with E-state index < -0.39 is 0 Å². The Bertz CT molecular complexity index is 373. The summed E-state index contributed by atoms with van der Waals surface area (Å²) in [5.41, 5.74) is 0. The molecule has 0 aromatic heterocycles. The first-order chi connectivity index (χ1) is 15.7. The summed E-state index contributed by atoms with van der Waals surface area (Å²) in [6, 6.07) is 0. The second-order valence-corrected chi connectivity index (χ2v) is 9.23. The van der Waals surface area contributed by atoms with Crippen molar-refractivity contribution in [2.24, 2.45) is 5.92 Å². The summed E-state index contributed by atoms with van der Waals surface area (Å²) in [5.74, 6) is 0.753. The van der Waals surface area contributed by atoms with Crippen molar-refractivity contribution >= 4 is 5.97 Å². The molecule has 0 spiro atoms. The molecule has 5 nitrogen and oxygen atoms in total. The second-order valence-electron chi connectivity index (χ2n) is 9.23. The standard InChI is InChI=1S/C27H54O5/c1-4-19-29-20-21-30-22-23-31-24-25-32-27(28)18-16-14-12-10-8-6-5-7-9-11-13-15-17-26(2)3/h26H,4-25H2,1-3H3. The summed E-state index contributed by atoms with van der Waals surface area (Å²) in [7, 11) is 0. The van der Waals surface area contributed by atoms with Crippen LogP contribution in [0.4, 0.5) is 0 Å². The summed E-state index contributed by atoms with van der Waals surface area (Å²) >= 11 is 0. The van der Waals surface area contributed by atoms with Gasteiger partial charge in [0.2, 0.25) is 0 Å². The SMILES string of the molecule is CCCOCCOCCOCCOC(=O)CCCCCCCCCCCCCCC(C)C. The summed E-state index contributed by atoms with van der Waals surface area (Å²) in [6.07, 6.45) is 18.7. The predicted molar refractivity (Wildman–Crippen MR) is 133 cm³/mol. The van der Waals surface area contributed by atoms with E-state index in [0.717, 1.165) is 31.8 Å². The largest absolute Gasteiger partial charge is 0.463 e. The fourth-order valence-electron chi connectivity index (χ4n) is 3.56.